The summed E-state index contributed by atoms with van der Waals surface area (Å²) in [5, 5.41) is 9.32. The fourth-order valence-electron chi connectivity index (χ4n) is 4.39. The van der Waals surface area contributed by atoms with Crippen molar-refractivity contribution in [3.8, 4) is 0 Å². The summed E-state index contributed by atoms with van der Waals surface area (Å²) in [7, 11) is 1.81. The Morgan fingerprint density at radius 2 is 2.04 bits per heavy atom. The molecule has 0 aromatic heterocycles. The quantitative estimate of drug-likeness (QED) is 0.767. The van der Waals surface area contributed by atoms with E-state index in [0.717, 1.165) is 50.0 Å². The minimum atomic E-state index is -0.504. The van der Waals surface area contributed by atoms with E-state index in [9.17, 15) is 0 Å². The lowest BCUT2D eigenvalue weighted by molar-refractivity contribution is -0.179. The van der Waals surface area contributed by atoms with Crippen LogP contribution in [0.4, 0.5) is 0 Å². The van der Waals surface area contributed by atoms with Gasteiger partial charge in [-0.15, -0.1) is 0 Å². The minimum Gasteiger partial charge on any atom is -0.377 e. The molecule has 1 fully saturated rings. The average Bonchev–Trinajstić information content (AvgIpc) is 3.28. The number of benzene rings is 1. The minimum absolute atomic E-state index is 0.236. The summed E-state index contributed by atoms with van der Waals surface area (Å²) in [6.45, 7) is 5.34. The second kappa shape index (κ2) is 6.71. The maximum absolute atomic E-state index is 6.11. The molecule has 1 aromatic carbocycles. The Labute approximate surface area is 156 Å². The Hall–Kier alpha value is -1.85. The number of rotatable bonds is 4. The maximum atomic E-state index is 6.11. The summed E-state index contributed by atoms with van der Waals surface area (Å²) in [4.78, 5) is 6.11. The van der Waals surface area contributed by atoms with Crippen molar-refractivity contribution >= 4 is 5.84 Å². The summed E-state index contributed by atoms with van der Waals surface area (Å²) in [6.07, 6.45) is 9.84. The van der Waals surface area contributed by atoms with Gasteiger partial charge in [0.15, 0.2) is 5.84 Å². The van der Waals surface area contributed by atoms with Gasteiger partial charge in [0.25, 0.3) is 0 Å². The van der Waals surface area contributed by atoms with E-state index >= 15 is 0 Å². The van der Waals surface area contributed by atoms with Crippen molar-refractivity contribution in [2.45, 2.75) is 63.3 Å². The molecule has 1 aliphatic carbocycles. The van der Waals surface area contributed by atoms with Crippen molar-refractivity contribution in [1.82, 2.24) is 10.0 Å². The first-order valence-corrected chi connectivity index (χ1v) is 9.69. The molecule has 0 saturated carbocycles. The van der Waals surface area contributed by atoms with Gasteiger partial charge in [-0.25, -0.2) is 10.0 Å². The van der Waals surface area contributed by atoms with Crippen molar-refractivity contribution in [1.29, 1.82) is 0 Å². The van der Waals surface area contributed by atoms with Crippen LogP contribution in [-0.2, 0) is 9.57 Å². The summed E-state index contributed by atoms with van der Waals surface area (Å²) >= 11 is 0. The van der Waals surface area contributed by atoms with E-state index in [-0.39, 0.29) is 11.6 Å². The lowest BCUT2D eigenvalue weighted by Gasteiger charge is -2.47. The van der Waals surface area contributed by atoms with Gasteiger partial charge < -0.3 is 9.57 Å². The molecule has 3 aliphatic rings. The van der Waals surface area contributed by atoms with Gasteiger partial charge >= 0.3 is 0 Å². The largest absolute Gasteiger partial charge is 0.377 e. The maximum Gasteiger partial charge on any atom is 0.243 e. The van der Waals surface area contributed by atoms with Gasteiger partial charge in [0, 0.05) is 25.6 Å². The number of ether oxygens (including phenoxy) is 1. The fraction of sp³-hybridized carbons (Fsp3) is 0.571. The second-order valence-corrected chi connectivity index (χ2v) is 7.95. The monoisotopic (exact) mass is 355 g/mol. The van der Waals surface area contributed by atoms with Crippen LogP contribution in [-0.4, -0.2) is 46.9 Å². The number of hydrazine groups is 1. The standard InChI is InChI=1S/C21H29N3O2/c1-20(2,25-3)18-13-10-16-23(18)24-19(17-11-6-4-7-12-17)22-26-21(24)14-8-5-9-15-21/h4,6-8,11-12,14,18H,5,9-10,13,15-16H2,1-3H3/t18-,21-/m0/s1. The number of allylic oxidation sites excluding steroid dienone is 1. The fourth-order valence-corrected chi connectivity index (χ4v) is 4.39. The Kier molecular flexibility index (Phi) is 4.53. The van der Waals surface area contributed by atoms with E-state index < -0.39 is 5.72 Å². The third-order valence-corrected chi connectivity index (χ3v) is 5.98. The predicted octanol–water partition coefficient (Wildman–Crippen LogP) is 3.92. The molecule has 0 amide bonds. The van der Waals surface area contributed by atoms with Gasteiger partial charge in [-0.3, -0.25) is 0 Å². The number of methoxy groups -OCH3 is 1. The number of oxime groups is 1. The first-order chi connectivity index (χ1) is 12.6. The van der Waals surface area contributed by atoms with E-state index in [1.54, 1.807) is 7.11 Å². The highest BCUT2D eigenvalue weighted by Crippen LogP contribution is 2.41. The molecule has 2 aliphatic heterocycles. The number of amidine groups is 1. The normalized spacial score (nSPS) is 29.3. The van der Waals surface area contributed by atoms with Crippen LogP contribution in [0.3, 0.4) is 0 Å². The Morgan fingerprint density at radius 1 is 1.23 bits per heavy atom. The van der Waals surface area contributed by atoms with Crippen molar-refractivity contribution in [2.75, 3.05) is 13.7 Å². The number of hydrogen-bond donors (Lipinski definition) is 0. The van der Waals surface area contributed by atoms with E-state index in [2.05, 4.69) is 65.4 Å². The Balaban J connectivity index is 1.75. The third kappa shape index (κ3) is 2.83. The van der Waals surface area contributed by atoms with Gasteiger partial charge in [0.2, 0.25) is 5.72 Å². The third-order valence-electron chi connectivity index (χ3n) is 5.98. The molecule has 5 heteroatoms. The molecule has 0 radical (unpaired) electrons. The van der Waals surface area contributed by atoms with Crippen LogP contribution < -0.4 is 0 Å². The highest BCUT2D eigenvalue weighted by molar-refractivity contribution is 5.99. The van der Waals surface area contributed by atoms with Crippen LogP contribution in [0, 0.1) is 0 Å². The van der Waals surface area contributed by atoms with Crippen LogP contribution >= 0.6 is 0 Å². The number of hydrogen-bond acceptors (Lipinski definition) is 5. The molecule has 0 bridgehead atoms. The summed E-state index contributed by atoms with van der Waals surface area (Å²) in [6, 6.07) is 10.6. The molecule has 1 saturated heterocycles. The lowest BCUT2D eigenvalue weighted by atomic mass is 9.95. The van der Waals surface area contributed by atoms with Gasteiger partial charge in [-0.1, -0.05) is 41.6 Å². The molecule has 2 heterocycles. The van der Waals surface area contributed by atoms with Gasteiger partial charge in [-0.2, -0.15) is 0 Å². The summed E-state index contributed by atoms with van der Waals surface area (Å²) < 4.78 is 5.86. The highest BCUT2D eigenvalue weighted by atomic mass is 16.7. The van der Waals surface area contributed by atoms with E-state index in [1.807, 2.05) is 6.07 Å². The summed E-state index contributed by atoms with van der Waals surface area (Å²) in [5.74, 6) is 0.899. The zero-order valence-electron chi connectivity index (χ0n) is 16.0. The molecular formula is C21H29N3O2. The zero-order valence-corrected chi connectivity index (χ0v) is 16.0. The number of nitrogens with zero attached hydrogens (tertiary/aromatic N) is 3. The molecule has 2 atom stereocenters. The van der Waals surface area contributed by atoms with Crippen LogP contribution in [0.5, 0.6) is 0 Å². The lowest BCUT2D eigenvalue weighted by Crippen LogP contribution is -2.62. The predicted molar refractivity (Wildman–Crippen MR) is 102 cm³/mol. The highest BCUT2D eigenvalue weighted by Gasteiger charge is 2.52. The molecule has 140 valence electrons. The molecule has 1 spiro atoms. The Bertz CT molecular complexity index is 700. The van der Waals surface area contributed by atoms with Crippen LogP contribution in [0.1, 0.15) is 51.5 Å². The van der Waals surface area contributed by atoms with Crippen molar-refractivity contribution in [3.05, 3.63) is 48.0 Å². The van der Waals surface area contributed by atoms with Gasteiger partial charge in [-0.05, 0) is 45.6 Å². The molecule has 1 aromatic rings. The summed E-state index contributed by atoms with van der Waals surface area (Å²) in [5.41, 5.74) is 0.347. The molecule has 26 heavy (non-hydrogen) atoms. The molecule has 5 nitrogen and oxygen atoms in total. The molecular weight excluding hydrogens is 326 g/mol. The zero-order chi connectivity index (χ0) is 18.2. The molecule has 0 N–H and O–H groups in total. The van der Waals surface area contributed by atoms with Crippen molar-refractivity contribution in [3.63, 3.8) is 0 Å². The average molecular weight is 355 g/mol. The molecule has 0 unspecified atom stereocenters. The van der Waals surface area contributed by atoms with Crippen LogP contribution in [0.15, 0.2) is 47.6 Å². The van der Waals surface area contributed by atoms with E-state index in [4.69, 9.17) is 9.57 Å². The van der Waals surface area contributed by atoms with E-state index in [0.29, 0.717) is 0 Å². The SMILES string of the molecule is COC(C)(C)[C@@H]1CCCN1N1C(c2ccccc2)=NO[C@]12C=CCCC2. The Morgan fingerprint density at radius 3 is 2.73 bits per heavy atom. The second-order valence-electron chi connectivity index (χ2n) is 7.95. The van der Waals surface area contributed by atoms with Crippen LogP contribution in [0.2, 0.25) is 0 Å². The first kappa shape index (κ1) is 17.6. The van der Waals surface area contributed by atoms with Gasteiger partial charge in [0.1, 0.15) is 0 Å². The molecule has 4 rings (SSSR count). The smallest absolute Gasteiger partial charge is 0.243 e. The first-order valence-electron chi connectivity index (χ1n) is 9.69. The van der Waals surface area contributed by atoms with Gasteiger partial charge in [0.05, 0.1) is 11.6 Å². The van der Waals surface area contributed by atoms with Crippen LogP contribution in [0.25, 0.3) is 0 Å². The van der Waals surface area contributed by atoms with Crippen molar-refractivity contribution < 1.29 is 9.57 Å². The van der Waals surface area contributed by atoms with E-state index in [1.165, 1.54) is 0 Å². The topological polar surface area (TPSA) is 37.3 Å². The van der Waals surface area contributed by atoms with Crippen molar-refractivity contribution in [2.24, 2.45) is 5.16 Å².